The Balaban J connectivity index is 3.31. The fraction of sp³-hybridized carbons (Fsp3) is 0.125. The van der Waals surface area contributed by atoms with Crippen molar-refractivity contribution in [2.24, 2.45) is 0 Å². The lowest BCUT2D eigenvalue weighted by Gasteiger charge is -2.01. The summed E-state index contributed by atoms with van der Waals surface area (Å²) in [5, 5.41) is 10.5. The molecule has 0 bridgehead atoms. The number of rotatable bonds is 3. The summed E-state index contributed by atoms with van der Waals surface area (Å²) in [6.07, 6.45) is 0. The molecule has 0 N–H and O–H groups in total. The first-order chi connectivity index (χ1) is 6.97. The first-order valence-corrected chi connectivity index (χ1v) is 5.61. The highest BCUT2D eigenvalue weighted by Gasteiger charge is 2.21. The van der Waals surface area contributed by atoms with Crippen LogP contribution in [0.15, 0.2) is 16.6 Å². The highest BCUT2D eigenvalue weighted by molar-refractivity contribution is 9.10. The van der Waals surface area contributed by atoms with Gasteiger partial charge in [0.25, 0.3) is 0 Å². The third kappa shape index (κ3) is 2.60. The molecule has 7 heteroatoms. The largest absolute Gasteiger partial charge is 0.318 e. The number of nitro benzene ring substituents is 1. The molecule has 80 valence electrons. The normalized spacial score (nSPS) is 10.1. The number of hydrogen-bond donors (Lipinski definition) is 0. The van der Waals surface area contributed by atoms with Gasteiger partial charge in [-0.2, -0.15) is 4.39 Å². The van der Waals surface area contributed by atoms with Gasteiger partial charge in [0.05, 0.1) is 14.7 Å². The van der Waals surface area contributed by atoms with Gasteiger partial charge in [-0.1, -0.05) is 15.9 Å². The van der Waals surface area contributed by atoms with Crippen molar-refractivity contribution >= 4 is 43.3 Å². The van der Waals surface area contributed by atoms with Crippen molar-refractivity contribution in [2.45, 2.75) is 0 Å². The zero-order chi connectivity index (χ0) is 11.6. The van der Waals surface area contributed by atoms with E-state index in [0.717, 1.165) is 6.07 Å². The zero-order valence-electron chi connectivity index (χ0n) is 7.17. The number of nitrogens with zero attached hydrogens (tertiary/aromatic N) is 1. The number of halogens is 3. The van der Waals surface area contributed by atoms with Crippen LogP contribution in [0.1, 0.15) is 10.4 Å². The van der Waals surface area contributed by atoms with Gasteiger partial charge >= 0.3 is 5.69 Å². The molecule has 0 radical (unpaired) electrons. The van der Waals surface area contributed by atoms with Gasteiger partial charge in [0, 0.05) is 5.56 Å². The molecule has 0 fully saturated rings. The van der Waals surface area contributed by atoms with Gasteiger partial charge in [-0.25, -0.2) is 0 Å². The Kier molecular flexibility index (Phi) is 3.92. The number of hydrogen-bond acceptors (Lipinski definition) is 3. The van der Waals surface area contributed by atoms with Gasteiger partial charge in [0.15, 0.2) is 5.78 Å². The summed E-state index contributed by atoms with van der Waals surface area (Å²) >= 11 is 5.77. The van der Waals surface area contributed by atoms with Crippen LogP contribution in [0.5, 0.6) is 0 Å². The topological polar surface area (TPSA) is 60.2 Å². The molecule has 15 heavy (non-hydrogen) atoms. The molecule has 1 rings (SSSR count). The van der Waals surface area contributed by atoms with Crippen molar-refractivity contribution in [1.29, 1.82) is 0 Å². The standard InChI is InChI=1S/C8H4Br2FNO3/c9-3-7(13)4-1-5(10)8(12(14)15)6(11)2-4/h1-2H,3H2. The highest BCUT2D eigenvalue weighted by Crippen LogP contribution is 2.29. The number of nitro groups is 1. The molecule has 0 saturated heterocycles. The molecule has 0 aliphatic rings. The maximum Gasteiger partial charge on any atom is 0.318 e. The molecule has 0 aliphatic heterocycles. The van der Waals surface area contributed by atoms with E-state index in [1.807, 2.05) is 0 Å². The molecule has 0 aliphatic carbocycles. The number of alkyl halides is 1. The van der Waals surface area contributed by atoms with Crippen molar-refractivity contribution in [3.8, 4) is 0 Å². The SMILES string of the molecule is O=C(CBr)c1cc(F)c([N+](=O)[O-])c(Br)c1. The molecule has 1 aromatic carbocycles. The molecule has 0 atom stereocenters. The van der Waals surface area contributed by atoms with Crippen LogP contribution in [-0.2, 0) is 0 Å². The summed E-state index contributed by atoms with van der Waals surface area (Å²) in [4.78, 5) is 20.8. The summed E-state index contributed by atoms with van der Waals surface area (Å²) < 4.78 is 13.2. The number of carbonyl (C=O) groups excluding carboxylic acids is 1. The van der Waals surface area contributed by atoms with Gasteiger partial charge < -0.3 is 0 Å². The summed E-state index contributed by atoms with van der Waals surface area (Å²) in [5.41, 5.74) is -0.581. The summed E-state index contributed by atoms with van der Waals surface area (Å²) in [6.45, 7) is 0. The Morgan fingerprint density at radius 3 is 2.53 bits per heavy atom. The van der Waals surface area contributed by atoms with Gasteiger partial charge in [-0.3, -0.25) is 14.9 Å². The summed E-state index contributed by atoms with van der Waals surface area (Å²) in [6, 6.07) is 2.08. The average molecular weight is 341 g/mol. The van der Waals surface area contributed by atoms with Crippen LogP contribution in [0.3, 0.4) is 0 Å². The predicted octanol–water partition coefficient (Wildman–Crippen LogP) is 3.07. The molecule has 0 saturated carbocycles. The van der Waals surface area contributed by atoms with E-state index in [2.05, 4.69) is 31.9 Å². The smallest absolute Gasteiger partial charge is 0.293 e. The van der Waals surface area contributed by atoms with Crippen LogP contribution in [0, 0.1) is 15.9 Å². The van der Waals surface area contributed by atoms with Crippen molar-refractivity contribution in [1.82, 2.24) is 0 Å². The van der Waals surface area contributed by atoms with E-state index in [9.17, 15) is 19.3 Å². The molecule has 1 aromatic rings. The van der Waals surface area contributed by atoms with Gasteiger partial charge in [-0.05, 0) is 28.1 Å². The molecular formula is C8H4Br2FNO3. The third-order valence-corrected chi connectivity index (χ3v) is 2.76. The summed E-state index contributed by atoms with van der Waals surface area (Å²) in [5.74, 6) is -1.37. The molecule has 0 amide bonds. The minimum Gasteiger partial charge on any atom is -0.293 e. The monoisotopic (exact) mass is 339 g/mol. The second-order valence-electron chi connectivity index (χ2n) is 2.60. The maximum atomic E-state index is 13.2. The third-order valence-electron chi connectivity index (χ3n) is 1.64. The van der Waals surface area contributed by atoms with Gasteiger partial charge in [0.1, 0.15) is 0 Å². The first-order valence-electron chi connectivity index (χ1n) is 3.70. The Labute approximate surface area is 101 Å². The van der Waals surface area contributed by atoms with E-state index >= 15 is 0 Å². The van der Waals surface area contributed by atoms with E-state index in [-0.39, 0.29) is 21.1 Å². The van der Waals surface area contributed by atoms with E-state index in [4.69, 9.17) is 0 Å². The second kappa shape index (κ2) is 4.80. The number of Topliss-reactive ketones (excluding diaryl/α,β-unsaturated/α-hetero) is 1. The van der Waals surface area contributed by atoms with Gasteiger partial charge in [-0.15, -0.1) is 0 Å². The van der Waals surface area contributed by atoms with E-state index < -0.39 is 16.4 Å². The molecule has 0 unspecified atom stereocenters. The maximum absolute atomic E-state index is 13.2. The second-order valence-corrected chi connectivity index (χ2v) is 4.02. The summed E-state index contributed by atoms with van der Waals surface area (Å²) in [7, 11) is 0. The molecule has 0 heterocycles. The predicted molar refractivity (Wildman–Crippen MR) is 58.9 cm³/mol. The first kappa shape index (κ1) is 12.3. The minimum absolute atomic E-state index is 0.0384. The van der Waals surface area contributed by atoms with Crippen LogP contribution in [-0.4, -0.2) is 16.0 Å². The van der Waals surface area contributed by atoms with Crippen LogP contribution in [0.4, 0.5) is 10.1 Å². The van der Waals surface area contributed by atoms with Crippen LogP contribution >= 0.6 is 31.9 Å². The van der Waals surface area contributed by atoms with E-state index in [1.165, 1.54) is 6.07 Å². The minimum atomic E-state index is -1.03. The Bertz CT molecular complexity index is 413. The van der Waals surface area contributed by atoms with Crippen molar-refractivity contribution in [3.05, 3.63) is 38.1 Å². The van der Waals surface area contributed by atoms with E-state index in [1.54, 1.807) is 0 Å². The Morgan fingerprint density at radius 1 is 1.53 bits per heavy atom. The zero-order valence-corrected chi connectivity index (χ0v) is 10.3. The Morgan fingerprint density at radius 2 is 2.13 bits per heavy atom. The number of ketones is 1. The van der Waals surface area contributed by atoms with E-state index in [0.29, 0.717) is 0 Å². The molecular weight excluding hydrogens is 337 g/mol. The van der Waals surface area contributed by atoms with Crippen molar-refractivity contribution in [3.63, 3.8) is 0 Å². The quantitative estimate of drug-likeness (QED) is 0.367. The van der Waals surface area contributed by atoms with Crippen molar-refractivity contribution in [2.75, 3.05) is 5.33 Å². The van der Waals surface area contributed by atoms with Crippen LogP contribution in [0.2, 0.25) is 0 Å². The van der Waals surface area contributed by atoms with Crippen LogP contribution < -0.4 is 0 Å². The van der Waals surface area contributed by atoms with Crippen LogP contribution in [0.25, 0.3) is 0 Å². The average Bonchev–Trinajstić information content (AvgIpc) is 2.14. The fourth-order valence-corrected chi connectivity index (χ4v) is 1.88. The van der Waals surface area contributed by atoms with Crippen molar-refractivity contribution < 1.29 is 14.1 Å². The molecule has 4 nitrogen and oxygen atoms in total. The lowest BCUT2D eigenvalue weighted by molar-refractivity contribution is -0.388. The Hall–Kier alpha value is -0.820. The highest BCUT2D eigenvalue weighted by atomic mass is 79.9. The molecule has 0 spiro atoms. The lowest BCUT2D eigenvalue weighted by atomic mass is 10.1. The number of carbonyl (C=O) groups is 1. The fourth-order valence-electron chi connectivity index (χ4n) is 0.978. The van der Waals surface area contributed by atoms with Gasteiger partial charge in [0.2, 0.25) is 5.82 Å². The lowest BCUT2D eigenvalue weighted by Crippen LogP contribution is -2.03. The number of benzene rings is 1. The molecule has 0 aromatic heterocycles.